The van der Waals surface area contributed by atoms with Crippen LogP contribution in [0.3, 0.4) is 0 Å². The van der Waals surface area contributed by atoms with Crippen LogP contribution < -0.4 is 5.32 Å². The SMILES string of the molecule is COCC[C@H](C)NCC1(c2ccc(Cl)cc2)CC1. The Bertz CT molecular complexity index is 373. The van der Waals surface area contributed by atoms with Gasteiger partial charge in [0.05, 0.1) is 0 Å². The second-order valence-corrected chi connectivity index (χ2v) is 5.79. The first-order valence-electron chi connectivity index (χ1n) is 6.65. The summed E-state index contributed by atoms with van der Waals surface area (Å²) >= 11 is 5.94. The molecule has 2 nitrogen and oxygen atoms in total. The van der Waals surface area contributed by atoms with Gasteiger partial charge in [0.1, 0.15) is 0 Å². The van der Waals surface area contributed by atoms with E-state index in [1.54, 1.807) is 7.11 Å². The molecule has 0 amide bonds. The van der Waals surface area contributed by atoms with Crippen LogP contribution in [0.2, 0.25) is 5.02 Å². The van der Waals surface area contributed by atoms with Gasteiger partial charge in [0, 0.05) is 36.7 Å². The van der Waals surface area contributed by atoms with Crippen molar-refractivity contribution in [1.29, 1.82) is 0 Å². The fourth-order valence-electron chi connectivity index (χ4n) is 2.29. The third-order valence-corrected chi connectivity index (χ3v) is 4.11. The smallest absolute Gasteiger partial charge is 0.0476 e. The topological polar surface area (TPSA) is 21.3 Å². The van der Waals surface area contributed by atoms with Crippen molar-refractivity contribution < 1.29 is 4.74 Å². The summed E-state index contributed by atoms with van der Waals surface area (Å²) in [5, 5.41) is 4.44. The summed E-state index contributed by atoms with van der Waals surface area (Å²) in [5.41, 5.74) is 1.77. The zero-order valence-electron chi connectivity index (χ0n) is 11.2. The Morgan fingerprint density at radius 3 is 2.56 bits per heavy atom. The van der Waals surface area contributed by atoms with E-state index >= 15 is 0 Å². The summed E-state index contributed by atoms with van der Waals surface area (Å²) in [7, 11) is 1.75. The average molecular weight is 268 g/mol. The fourth-order valence-corrected chi connectivity index (χ4v) is 2.41. The summed E-state index contributed by atoms with van der Waals surface area (Å²) in [5.74, 6) is 0. The first kappa shape index (κ1) is 13.9. The Balaban J connectivity index is 1.86. The lowest BCUT2D eigenvalue weighted by molar-refractivity contribution is 0.184. The maximum absolute atomic E-state index is 5.94. The van der Waals surface area contributed by atoms with E-state index in [0.29, 0.717) is 11.5 Å². The van der Waals surface area contributed by atoms with Crippen LogP contribution in [0.25, 0.3) is 0 Å². The second kappa shape index (κ2) is 6.05. The monoisotopic (exact) mass is 267 g/mol. The van der Waals surface area contributed by atoms with Gasteiger partial charge in [-0.05, 0) is 43.9 Å². The highest BCUT2D eigenvalue weighted by Gasteiger charge is 2.43. The molecule has 1 fully saturated rings. The lowest BCUT2D eigenvalue weighted by Gasteiger charge is -2.20. The minimum atomic E-state index is 0.353. The molecule has 1 atom stereocenters. The largest absolute Gasteiger partial charge is 0.385 e. The number of hydrogen-bond acceptors (Lipinski definition) is 2. The molecule has 0 aromatic heterocycles. The predicted molar refractivity (Wildman–Crippen MR) is 76.3 cm³/mol. The van der Waals surface area contributed by atoms with Crippen molar-refractivity contribution in [2.24, 2.45) is 0 Å². The van der Waals surface area contributed by atoms with Gasteiger partial charge >= 0.3 is 0 Å². The minimum absolute atomic E-state index is 0.353. The molecule has 3 heteroatoms. The molecule has 1 aliphatic rings. The summed E-state index contributed by atoms with van der Waals surface area (Å²) in [6.07, 6.45) is 3.62. The zero-order valence-corrected chi connectivity index (χ0v) is 12.0. The molecule has 0 heterocycles. The molecule has 1 aromatic carbocycles. The van der Waals surface area contributed by atoms with Gasteiger partial charge in [0.25, 0.3) is 0 Å². The van der Waals surface area contributed by atoms with E-state index < -0.39 is 0 Å². The normalized spacial score (nSPS) is 18.6. The molecule has 1 aliphatic carbocycles. The Hall–Kier alpha value is -0.570. The number of halogens is 1. The van der Waals surface area contributed by atoms with Crippen LogP contribution in [0.15, 0.2) is 24.3 Å². The first-order valence-corrected chi connectivity index (χ1v) is 7.02. The second-order valence-electron chi connectivity index (χ2n) is 5.35. The van der Waals surface area contributed by atoms with Crippen molar-refractivity contribution in [3.05, 3.63) is 34.9 Å². The molecule has 0 saturated heterocycles. The van der Waals surface area contributed by atoms with Gasteiger partial charge in [-0.2, -0.15) is 0 Å². The molecule has 0 radical (unpaired) electrons. The minimum Gasteiger partial charge on any atom is -0.385 e. The van der Waals surface area contributed by atoms with Crippen LogP contribution in [-0.2, 0) is 10.2 Å². The summed E-state index contributed by atoms with van der Waals surface area (Å²) < 4.78 is 5.10. The van der Waals surface area contributed by atoms with E-state index in [0.717, 1.165) is 24.6 Å². The molecule has 0 bridgehead atoms. The average Bonchev–Trinajstić information content (AvgIpc) is 3.16. The molecule has 1 N–H and O–H groups in total. The molecular formula is C15H22ClNO. The summed E-state index contributed by atoms with van der Waals surface area (Å²) in [4.78, 5) is 0. The Labute approximate surface area is 115 Å². The van der Waals surface area contributed by atoms with Gasteiger partial charge in [-0.3, -0.25) is 0 Å². The molecule has 1 saturated carbocycles. The quantitative estimate of drug-likeness (QED) is 0.818. The van der Waals surface area contributed by atoms with Crippen molar-refractivity contribution in [2.75, 3.05) is 20.3 Å². The summed E-state index contributed by atoms with van der Waals surface area (Å²) in [6, 6.07) is 8.82. The molecule has 18 heavy (non-hydrogen) atoms. The summed E-state index contributed by atoms with van der Waals surface area (Å²) in [6.45, 7) is 4.10. The van der Waals surface area contributed by atoms with E-state index in [2.05, 4.69) is 24.4 Å². The zero-order chi connectivity index (χ0) is 13.0. The Kier molecular flexibility index (Phi) is 4.66. The third kappa shape index (κ3) is 3.47. The van der Waals surface area contributed by atoms with E-state index in [-0.39, 0.29) is 0 Å². The third-order valence-electron chi connectivity index (χ3n) is 3.85. The van der Waals surface area contributed by atoms with Crippen LogP contribution in [0.5, 0.6) is 0 Å². The highest BCUT2D eigenvalue weighted by Crippen LogP contribution is 2.47. The van der Waals surface area contributed by atoms with Gasteiger partial charge in [-0.15, -0.1) is 0 Å². The number of benzene rings is 1. The molecule has 100 valence electrons. The molecule has 0 unspecified atom stereocenters. The Morgan fingerprint density at radius 1 is 1.33 bits per heavy atom. The lowest BCUT2D eigenvalue weighted by atomic mass is 9.95. The van der Waals surface area contributed by atoms with E-state index in [1.165, 1.54) is 18.4 Å². The van der Waals surface area contributed by atoms with Crippen LogP contribution in [0, 0.1) is 0 Å². The molecule has 0 spiro atoms. The van der Waals surface area contributed by atoms with Crippen LogP contribution in [0.1, 0.15) is 31.7 Å². The maximum Gasteiger partial charge on any atom is 0.0476 e. The fraction of sp³-hybridized carbons (Fsp3) is 0.600. The van der Waals surface area contributed by atoms with Crippen molar-refractivity contribution in [3.8, 4) is 0 Å². The molecule has 0 aliphatic heterocycles. The number of ether oxygens (including phenoxy) is 1. The van der Waals surface area contributed by atoms with Crippen LogP contribution in [-0.4, -0.2) is 26.3 Å². The molecule has 2 rings (SSSR count). The molecule has 1 aromatic rings. The molecular weight excluding hydrogens is 246 g/mol. The van der Waals surface area contributed by atoms with E-state index in [9.17, 15) is 0 Å². The number of hydrogen-bond donors (Lipinski definition) is 1. The predicted octanol–water partition coefficient (Wildman–Crippen LogP) is 3.39. The van der Waals surface area contributed by atoms with E-state index in [4.69, 9.17) is 16.3 Å². The van der Waals surface area contributed by atoms with E-state index in [1.807, 2.05) is 12.1 Å². The van der Waals surface area contributed by atoms with Gasteiger partial charge in [0.15, 0.2) is 0 Å². The maximum atomic E-state index is 5.94. The van der Waals surface area contributed by atoms with Crippen LogP contribution in [0.4, 0.5) is 0 Å². The highest BCUT2D eigenvalue weighted by atomic mass is 35.5. The van der Waals surface area contributed by atoms with Gasteiger partial charge in [-0.25, -0.2) is 0 Å². The van der Waals surface area contributed by atoms with Gasteiger partial charge < -0.3 is 10.1 Å². The first-order chi connectivity index (χ1) is 8.66. The van der Waals surface area contributed by atoms with Crippen molar-refractivity contribution in [2.45, 2.75) is 37.6 Å². The van der Waals surface area contributed by atoms with Crippen molar-refractivity contribution in [1.82, 2.24) is 5.32 Å². The van der Waals surface area contributed by atoms with Crippen molar-refractivity contribution in [3.63, 3.8) is 0 Å². The number of methoxy groups -OCH3 is 1. The van der Waals surface area contributed by atoms with Gasteiger partial charge in [-0.1, -0.05) is 23.7 Å². The lowest BCUT2D eigenvalue weighted by Crippen LogP contribution is -2.34. The highest BCUT2D eigenvalue weighted by molar-refractivity contribution is 6.30. The number of rotatable bonds is 7. The van der Waals surface area contributed by atoms with Gasteiger partial charge in [0.2, 0.25) is 0 Å². The Morgan fingerprint density at radius 2 is 2.00 bits per heavy atom. The van der Waals surface area contributed by atoms with Crippen molar-refractivity contribution >= 4 is 11.6 Å². The standard InChI is InChI=1S/C15H22ClNO/c1-12(7-10-18-2)17-11-15(8-9-15)13-3-5-14(16)6-4-13/h3-6,12,17H,7-11H2,1-2H3/t12-/m0/s1. The van der Waals surface area contributed by atoms with Crippen LogP contribution >= 0.6 is 11.6 Å². The number of nitrogens with one attached hydrogen (secondary N) is 1.